The highest BCUT2D eigenvalue weighted by atomic mass is 32.2. The van der Waals surface area contributed by atoms with Gasteiger partial charge in [0.2, 0.25) is 0 Å². The van der Waals surface area contributed by atoms with Crippen LogP contribution < -0.4 is 10.0 Å². The molecule has 0 bridgehead atoms. The highest BCUT2D eigenvalue weighted by molar-refractivity contribution is 7.92. The number of hydrogen-bond donors (Lipinski definition) is 2. The summed E-state index contributed by atoms with van der Waals surface area (Å²) in [6.45, 7) is 1.72. The number of rotatable bonds is 3. The van der Waals surface area contributed by atoms with Crippen LogP contribution in [0.5, 0.6) is 5.75 Å². The smallest absolute Gasteiger partial charge is 0.264 e. The molecule has 2 aromatic rings. The first-order valence-corrected chi connectivity index (χ1v) is 7.40. The zero-order valence-corrected chi connectivity index (χ0v) is 12.1. The SMILES string of the molecule is Cc1ccc(N)cc1S(=O)(=O)N(C)c1ccc(O)cc1. The molecule has 5 nitrogen and oxygen atoms in total. The van der Waals surface area contributed by atoms with E-state index in [0.29, 0.717) is 16.9 Å². The van der Waals surface area contributed by atoms with Gasteiger partial charge in [0.25, 0.3) is 10.0 Å². The lowest BCUT2D eigenvalue weighted by Crippen LogP contribution is -2.27. The van der Waals surface area contributed by atoms with Crippen LogP contribution in [-0.4, -0.2) is 20.6 Å². The van der Waals surface area contributed by atoms with Crippen molar-refractivity contribution < 1.29 is 13.5 Å². The van der Waals surface area contributed by atoms with Crippen LogP contribution in [0.3, 0.4) is 0 Å². The van der Waals surface area contributed by atoms with Gasteiger partial charge in [-0.3, -0.25) is 4.31 Å². The van der Waals surface area contributed by atoms with Gasteiger partial charge in [0.1, 0.15) is 5.75 Å². The largest absolute Gasteiger partial charge is 0.508 e. The molecular formula is C14H16N2O3S. The second-order valence-electron chi connectivity index (χ2n) is 4.51. The first kappa shape index (κ1) is 14.2. The fourth-order valence-corrected chi connectivity index (χ4v) is 3.30. The predicted molar refractivity (Wildman–Crippen MR) is 79.3 cm³/mol. The molecule has 0 spiro atoms. The number of sulfonamides is 1. The molecule has 0 amide bonds. The Kier molecular flexibility index (Phi) is 3.59. The molecule has 6 heteroatoms. The molecule has 0 aliphatic carbocycles. The molecule has 2 rings (SSSR count). The van der Waals surface area contributed by atoms with Crippen LogP contribution in [0, 0.1) is 6.92 Å². The predicted octanol–water partition coefficient (Wildman–Crippen LogP) is 2.11. The van der Waals surface area contributed by atoms with E-state index in [-0.39, 0.29) is 10.6 Å². The van der Waals surface area contributed by atoms with Crippen LogP contribution in [0.25, 0.3) is 0 Å². The topological polar surface area (TPSA) is 83.6 Å². The summed E-state index contributed by atoms with van der Waals surface area (Å²) in [7, 11) is -2.22. The van der Waals surface area contributed by atoms with E-state index in [1.165, 1.54) is 37.4 Å². The third-order valence-electron chi connectivity index (χ3n) is 3.06. The molecule has 3 N–H and O–H groups in total. The number of phenolic OH excluding ortho intramolecular Hbond substituents is 1. The number of nitrogens with zero attached hydrogens (tertiary/aromatic N) is 1. The number of phenols is 1. The summed E-state index contributed by atoms with van der Waals surface area (Å²) in [5.74, 6) is 0.0830. The number of nitrogens with two attached hydrogens (primary N) is 1. The lowest BCUT2D eigenvalue weighted by atomic mass is 10.2. The molecule has 0 heterocycles. The minimum absolute atomic E-state index is 0.0830. The Hall–Kier alpha value is -2.21. The Labute approximate surface area is 118 Å². The average molecular weight is 292 g/mol. The van der Waals surface area contributed by atoms with Crippen molar-refractivity contribution in [1.29, 1.82) is 0 Å². The van der Waals surface area contributed by atoms with Gasteiger partial charge in [0.05, 0.1) is 10.6 Å². The van der Waals surface area contributed by atoms with Gasteiger partial charge in [-0.15, -0.1) is 0 Å². The second kappa shape index (κ2) is 5.05. The van der Waals surface area contributed by atoms with Gasteiger partial charge in [-0.1, -0.05) is 6.07 Å². The third kappa shape index (κ3) is 2.55. The lowest BCUT2D eigenvalue weighted by molar-refractivity contribution is 0.475. The fourth-order valence-electron chi connectivity index (χ4n) is 1.84. The average Bonchev–Trinajstić information content (AvgIpc) is 2.41. The Morgan fingerprint density at radius 2 is 1.70 bits per heavy atom. The molecule has 0 aromatic heterocycles. The van der Waals surface area contributed by atoms with Gasteiger partial charge in [0, 0.05) is 12.7 Å². The van der Waals surface area contributed by atoms with Gasteiger partial charge in [-0.05, 0) is 48.9 Å². The molecule has 0 aliphatic heterocycles. The van der Waals surface area contributed by atoms with Crippen LogP contribution in [-0.2, 0) is 10.0 Å². The van der Waals surface area contributed by atoms with Gasteiger partial charge >= 0.3 is 0 Å². The molecule has 20 heavy (non-hydrogen) atoms. The van der Waals surface area contributed by atoms with E-state index >= 15 is 0 Å². The summed E-state index contributed by atoms with van der Waals surface area (Å²) in [6, 6.07) is 10.7. The number of aromatic hydroxyl groups is 1. The molecule has 106 valence electrons. The van der Waals surface area contributed by atoms with Crippen LogP contribution >= 0.6 is 0 Å². The Morgan fingerprint density at radius 1 is 1.10 bits per heavy atom. The molecular weight excluding hydrogens is 276 g/mol. The summed E-state index contributed by atoms with van der Waals surface area (Å²) in [4.78, 5) is 0.174. The van der Waals surface area contributed by atoms with E-state index in [2.05, 4.69) is 0 Å². The summed E-state index contributed by atoms with van der Waals surface area (Å²) >= 11 is 0. The van der Waals surface area contributed by atoms with Crippen LogP contribution in [0.1, 0.15) is 5.56 Å². The van der Waals surface area contributed by atoms with Crippen molar-refractivity contribution in [2.75, 3.05) is 17.1 Å². The molecule has 0 aliphatic rings. The maximum atomic E-state index is 12.6. The second-order valence-corrected chi connectivity index (χ2v) is 6.45. The van der Waals surface area contributed by atoms with Crippen molar-refractivity contribution in [1.82, 2.24) is 0 Å². The Morgan fingerprint density at radius 3 is 2.30 bits per heavy atom. The summed E-state index contributed by atoms with van der Waals surface area (Å²) in [6.07, 6.45) is 0. The Balaban J connectivity index is 2.49. The van der Waals surface area contributed by atoms with Crippen molar-refractivity contribution in [2.45, 2.75) is 11.8 Å². The molecule has 2 aromatic carbocycles. The quantitative estimate of drug-likeness (QED) is 0.849. The summed E-state index contributed by atoms with van der Waals surface area (Å²) < 4.78 is 26.4. The number of hydrogen-bond acceptors (Lipinski definition) is 4. The van der Waals surface area contributed by atoms with Crippen molar-refractivity contribution in [2.24, 2.45) is 0 Å². The van der Waals surface area contributed by atoms with Crippen LogP contribution in [0.2, 0.25) is 0 Å². The Bertz CT molecular complexity index is 725. The minimum atomic E-state index is -3.69. The summed E-state index contributed by atoms with van der Waals surface area (Å²) in [5.41, 5.74) is 7.16. The highest BCUT2D eigenvalue weighted by Gasteiger charge is 2.23. The van der Waals surface area contributed by atoms with Gasteiger partial charge in [0.15, 0.2) is 0 Å². The van der Waals surface area contributed by atoms with Crippen molar-refractivity contribution in [3.63, 3.8) is 0 Å². The van der Waals surface area contributed by atoms with Crippen molar-refractivity contribution in [3.8, 4) is 5.75 Å². The van der Waals surface area contributed by atoms with E-state index in [0.717, 1.165) is 4.31 Å². The number of nitrogen functional groups attached to an aromatic ring is 1. The van der Waals surface area contributed by atoms with Gasteiger partial charge < -0.3 is 10.8 Å². The first-order valence-electron chi connectivity index (χ1n) is 5.96. The molecule has 0 saturated heterocycles. The van der Waals surface area contributed by atoms with E-state index in [1.54, 1.807) is 19.1 Å². The van der Waals surface area contributed by atoms with Gasteiger partial charge in [-0.2, -0.15) is 0 Å². The zero-order valence-electron chi connectivity index (χ0n) is 11.2. The lowest BCUT2D eigenvalue weighted by Gasteiger charge is -2.21. The number of anilines is 2. The molecule has 0 fully saturated rings. The maximum Gasteiger partial charge on any atom is 0.264 e. The standard InChI is InChI=1S/C14H16N2O3S/c1-10-3-4-11(15)9-14(10)20(18,19)16(2)12-5-7-13(17)8-6-12/h3-9,17H,15H2,1-2H3. The number of benzene rings is 2. The number of aryl methyl sites for hydroxylation is 1. The summed E-state index contributed by atoms with van der Waals surface area (Å²) in [5, 5.41) is 9.25. The van der Waals surface area contributed by atoms with Gasteiger partial charge in [-0.25, -0.2) is 8.42 Å². The van der Waals surface area contributed by atoms with E-state index in [1.807, 2.05) is 0 Å². The molecule has 0 unspecified atom stereocenters. The van der Waals surface area contributed by atoms with E-state index in [4.69, 9.17) is 5.73 Å². The van der Waals surface area contributed by atoms with Crippen molar-refractivity contribution in [3.05, 3.63) is 48.0 Å². The van der Waals surface area contributed by atoms with Crippen molar-refractivity contribution >= 4 is 21.4 Å². The van der Waals surface area contributed by atoms with Crippen LogP contribution in [0.15, 0.2) is 47.4 Å². The van der Waals surface area contributed by atoms with E-state index in [9.17, 15) is 13.5 Å². The minimum Gasteiger partial charge on any atom is -0.508 e. The first-order chi connectivity index (χ1) is 9.32. The molecule has 0 saturated carbocycles. The normalized spacial score (nSPS) is 11.3. The third-order valence-corrected chi connectivity index (χ3v) is 4.99. The maximum absolute atomic E-state index is 12.6. The fraction of sp³-hybridized carbons (Fsp3) is 0.143. The molecule has 0 atom stereocenters. The monoisotopic (exact) mass is 292 g/mol. The molecule has 0 radical (unpaired) electrons. The highest BCUT2D eigenvalue weighted by Crippen LogP contribution is 2.26. The zero-order chi connectivity index (χ0) is 14.9. The van der Waals surface area contributed by atoms with E-state index < -0.39 is 10.0 Å². The van der Waals surface area contributed by atoms with Crippen LogP contribution in [0.4, 0.5) is 11.4 Å².